The fourth-order valence-corrected chi connectivity index (χ4v) is 3.78. The van der Waals surface area contributed by atoms with Gasteiger partial charge < -0.3 is 29.9 Å². The van der Waals surface area contributed by atoms with Crippen molar-refractivity contribution < 1.29 is 39.5 Å². The van der Waals surface area contributed by atoms with E-state index >= 15 is 0 Å². The van der Waals surface area contributed by atoms with Crippen molar-refractivity contribution in [2.45, 2.75) is 127 Å². The predicted octanol–water partition coefficient (Wildman–Crippen LogP) is 2.42. The van der Waals surface area contributed by atoms with Crippen LogP contribution in [0.1, 0.15) is 96.8 Å². The molecule has 0 aromatic heterocycles. The number of aliphatic hydroxyl groups is 4. The number of hydrogen-bond donors (Lipinski definition) is 4. The average Bonchev–Trinajstić information content (AvgIpc) is 3.55. The summed E-state index contributed by atoms with van der Waals surface area (Å²) in [5.41, 5.74) is 0. The Hall–Kier alpha value is -1.06. The predicted molar refractivity (Wildman–Crippen MR) is 120 cm³/mol. The number of ketones is 1. The summed E-state index contributed by atoms with van der Waals surface area (Å²) in [4.78, 5) is 23.3. The van der Waals surface area contributed by atoms with Crippen LogP contribution in [-0.4, -0.2) is 75.9 Å². The molecule has 1 aliphatic rings. The van der Waals surface area contributed by atoms with Gasteiger partial charge in [0.15, 0.2) is 6.61 Å². The van der Waals surface area contributed by atoms with Crippen LogP contribution in [0.2, 0.25) is 0 Å². The van der Waals surface area contributed by atoms with Gasteiger partial charge in [0.05, 0.1) is 18.8 Å². The van der Waals surface area contributed by atoms with Crippen LogP contribution in [0.4, 0.5) is 0 Å². The molecule has 32 heavy (non-hydrogen) atoms. The molecule has 5 atom stereocenters. The average molecular weight is 461 g/mol. The molecule has 0 aromatic carbocycles. The fourth-order valence-electron chi connectivity index (χ4n) is 3.78. The van der Waals surface area contributed by atoms with Gasteiger partial charge in [0, 0.05) is 6.42 Å². The van der Waals surface area contributed by atoms with Crippen LogP contribution in [0.25, 0.3) is 0 Å². The van der Waals surface area contributed by atoms with Gasteiger partial charge in [0.2, 0.25) is 5.78 Å². The van der Waals surface area contributed by atoms with Crippen molar-refractivity contribution in [3.05, 3.63) is 0 Å². The Morgan fingerprint density at radius 2 is 1.38 bits per heavy atom. The largest absolute Gasteiger partial charge is 0.458 e. The number of esters is 1. The molecule has 0 saturated carbocycles. The molecule has 0 aromatic rings. The quantitative estimate of drug-likeness (QED) is 0.116. The maximum Gasteiger partial charge on any atom is 0.306 e. The molecule has 1 saturated heterocycles. The van der Waals surface area contributed by atoms with Crippen LogP contribution in [0, 0.1) is 0 Å². The van der Waals surface area contributed by atoms with Crippen LogP contribution >= 0.6 is 0 Å². The van der Waals surface area contributed by atoms with E-state index in [0.29, 0.717) is 18.6 Å². The van der Waals surface area contributed by atoms with E-state index in [1.807, 2.05) is 0 Å². The Morgan fingerprint density at radius 1 is 0.844 bits per heavy atom. The van der Waals surface area contributed by atoms with Crippen molar-refractivity contribution in [1.29, 1.82) is 0 Å². The zero-order valence-electron chi connectivity index (χ0n) is 19.6. The minimum atomic E-state index is -1.91. The van der Waals surface area contributed by atoms with Crippen molar-refractivity contribution in [2.75, 3.05) is 13.2 Å². The van der Waals surface area contributed by atoms with Crippen molar-refractivity contribution in [1.82, 2.24) is 0 Å². The molecule has 1 rings (SSSR count). The third-order valence-electron chi connectivity index (χ3n) is 6.01. The van der Waals surface area contributed by atoms with Crippen molar-refractivity contribution >= 4 is 11.8 Å². The Labute approximate surface area is 192 Å². The standard InChI is InChI=1S/C24H44O8/c1-2-3-4-5-7-10-13-20-21(32-20)14-11-8-6-9-12-15-22(28)31-17-19(27)24(30)23(29)18(26)16-25/h18,20-21,23-26,29-30H,2-17H2,1H3/t18-,20?,21?,23+,24+/m1/s1. The summed E-state index contributed by atoms with van der Waals surface area (Å²) in [5, 5.41) is 37.0. The number of carbonyl (C=O) groups is 2. The highest BCUT2D eigenvalue weighted by Gasteiger charge is 2.36. The van der Waals surface area contributed by atoms with E-state index in [1.54, 1.807) is 0 Å². The number of carbonyl (C=O) groups excluding carboxylic acids is 2. The van der Waals surface area contributed by atoms with Crippen LogP contribution in [0.15, 0.2) is 0 Å². The molecule has 1 fully saturated rings. The molecule has 0 aliphatic carbocycles. The highest BCUT2D eigenvalue weighted by atomic mass is 16.6. The minimum absolute atomic E-state index is 0.192. The summed E-state index contributed by atoms with van der Waals surface area (Å²) in [6.07, 6.45) is 10.8. The fraction of sp³-hybridized carbons (Fsp3) is 0.917. The smallest absolute Gasteiger partial charge is 0.306 e. The Balaban J connectivity index is 1.92. The van der Waals surface area contributed by atoms with Gasteiger partial charge in [-0.2, -0.15) is 0 Å². The Bertz CT molecular complexity index is 512. The number of rotatable bonds is 21. The van der Waals surface area contributed by atoms with Gasteiger partial charge in [-0.1, -0.05) is 71.1 Å². The zero-order chi connectivity index (χ0) is 23.8. The van der Waals surface area contributed by atoms with Crippen LogP contribution in [-0.2, 0) is 19.1 Å². The van der Waals surface area contributed by atoms with Gasteiger partial charge >= 0.3 is 5.97 Å². The molecule has 0 amide bonds. The van der Waals surface area contributed by atoms with Gasteiger partial charge in [0.25, 0.3) is 0 Å². The lowest BCUT2D eigenvalue weighted by Gasteiger charge is -2.20. The summed E-state index contributed by atoms with van der Waals surface area (Å²) < 4.78 is 10.6. The number of Topliss-reactive ketones (excluding diaryl/α,β-unsaturated/α-hetero) is 1. The maximum atomic E-state index is 11.7. The van der Waals surface area contributed by atoms with Crippen molar-refractivity contribution in [2.24, 2.45) is 0 Å². The molecule has 8 heteroatoms. The molecule has 0 bridgehead atoms. The van der Waals surface area contributed by atoms with E-state index < -0.39 is 43.3 Å². The monoisotopic (exact) mass is 460 g/mol. The lowest BCUT2D eigenvalue weighted by molar-refractivity contribution is -0.155. The second kappa shape index (κ2) is 17.4. The van der Waals surface area contributed by atoms with E-state index in [-0.39, 0.29) is 6.42 Å². The Kier molecular flexibility index (Phi) is 15.8. The highest BCUT2D eigenvalue weighted by molar-refractivity contribution is 5.86. The SMILES string of the molecule is CCCCCCCCC1OC1CCCCCCCC(=O)OCC(=O)[C@H](O)[C@@H](O)[C@H](O)CO. The molecule has 1 heterocycles. The summed E-state index contributed by atoms with van der Waals surface area (Å²) >= 11 is 0. The van der Waals surface area contributed by atoms with E-state index in [9.17, 15) is 24.9 Å². The van der Waals surface area contributed by atoms with E-state index in [4.69, 9.17) is 14.6 Å². The number of epoxide rings is 1. The highest BCUT2D eigenvalue weighted by Crippen LogP contribution is 2.31. The van der Waals surface area contributed by atoms with Gasteiger partial charge in [0.1, 0.15) is 18.3 Å². The molecule has 188 valence electrons. The van der Waals surface area contributed by atoms with Crippen LogP contribution in [0.5, 0.6) is 0 Å². The summed E-state index contributed by atoms with van der Waals surface area (Å²) in [6, 6.07) is 0. The van der Waals surface area contributed by atoms with Crippen LogP contribution in [0.3, 0.4) is 0 Å². The number of ether oxygens (including phenoxy) is 2. The molecular formula is C24H44O8. The zero-order valence-corrected chi connectivity index (χ0v) is 19.6. The number of unbranched alkanes of at least 4 members (excludes halogenated alkanes) is 9. The molecular weight excluding hydrogens is 416 g/mol. The number of aliphatic hydroxyl groups excluding tert-OH is 4. The first-order valence-corrected chi connectivity index (χ1v) is 12.4. The number of hydrogen-bond acceptors (Lipinski definition) is 8. The molecule has 4 N–H and O–H groups in total. The second-order valence-corrected chi connectivity index (χ2v) is 8.89. The molecule has 8 nitrogen and oxygen atoms in total. The van der Waals surface area contributed by atoms with E-state index in [2.05, 4.69) is 6.92 Å². The van der Waals surface area contributed by atoms with Crippen LogP contribution < -0.4 is 0 Å². The first-order valence-electron chi connectivity index (χ1n) is 12.4. The summed E-state index contributed by atoms with van der Waals surface area (Å²) in [7, 11) is 0. The first-order chi connectivity index (χ1) is 15.4. The Morgan fingerprint density at radius 3 is 1.94 bits per heavy atom. The third kappa shape index (κ3) is 12.8. The first kappa shape index (κ1) is 29.0. The molecule has 0 radical (unpaired) electrons. The topological polar surface area (TPSA) is 137 Å². The van der Waals surface area contributed by atoms with Crippen molar-refractivity contribution in [3.8, 4) is 0 Å². The second-order valence-electron chi connectivity index (χ2n) is 8.89. The van der Waals surface area contributed by atoms with E-state index in [0.717, 1.165) is 32.1 Å². The normalized spacial score (nSPS) is 20.5. The summed E-state index contributed by atoms with van der Waals surface area (Å²) in [5.74, 6) is -1.46. The van der Waals surface area contributed by atoms with Gasteiger partial charge in [-0.25, -0.2) is 0 Å². The van der Waals surface area contributed by atoms with Crippen molar-refractivity contribution in [3.63, 3.8) is 0 Å². The van der Waals surface area contributed by atoms with E-state index in [1.165, 1.54) is 44.9 Å². The molecule has 0 spiro atoms. The maximum absolute atomic E-state index is 11.7. The van der Waals surface area contributed by atoms with Gasteiger partial charge in [-0.15, -0.1) is 0 Å². The third-order valence-corrected chi connectivity index (χ3v) is 6.01. The minimum Gasteiger partial charge on any atom is -0.458 e. The summed E-state index contributed by atoms with van der Waals surface area (Å²) in [6.45, 7) is 0.772. The lowest BCUT2D eigenvalue weighted by Crippen LogP contribution is -2.45. The van der Waals surface area contributed by atoms with Gasteiger partial charge in [-0.05, 0) is 19.3 Å². The van der Waals surface area contributed by atoms with Gasteiger partial charge in [-0.3, -0.25) is 9.59 Å². The lowest BCUT2D eigenvalue weighted by atomic mass is 10.0. The molecule has 2 unspecified atom stereocenters. The molecule has 1 aliphatic heterocycles.